The van der Waals surface area contributed by atoms with Gasteiger partial charge in [-0.1, -0.05) is 36.4 Å². The molecular weight excluding hydrogens is 202 g/mol. The lowest BCUT2D eigenvalue weighted by molar-refractivity contribution is -0.384. The van der Waals surface area contributed by atoms with E-state index < -0.39 is 0 Å². The SMILES string of the molecule is Cc1ccccc1-c1[c]cccc1[N+](=O)[O-]. The van der Waals surface area contributed by atoms with E-state index in [9.17, 15) is 10.1 Å². The molecule has 1 radical (unpaired) electrons. The molecule has 0 atom stereocenters. The molecule has 3 heteroatoms. The third-order valence-corrected chi connectivity index (χ3v) is 2.45. The van der Waals surface area contributed by atoms with Crippen LogP contribution in [0.15, 0.2) is 42.5 Å². The van der Waals surface area contributed by atoms with Gasteiger partial charge in [0.25, 0.3) is 5.69 Å². The summed E-state index contributed by atoms with van der Waals surface area (Å²) in [5, 5.41) is 10.9. The maximum Gasteiger partial charge on any atom is 0.277 e. The number of hydrogen-bond acceptors (Lipinski definition) is 2. The van der Waals surface area contributed by atoms with E-state index in [1.807, 2.05) is 31.2 Å². The third kappa shape index (κ3) is 1.80. The summed E-state index contributed by atoms with van der Waals surface area (Å²) in [6, 6.07) is 15.3. The first-order valence-corrected chi connectivity index (χ1v) is 4.91. The Balaban J connectivity index is 2.65. The second-order valence-electron chi connectivity index (χ2n) is 3.50. The lowest BCUT2D eigenvalue weighted by Gasteiger charge is -2.05. The summed E-state index contributed by atoms with van der Waals surface area (Å²) in [7, 11) is 0. The number of nitro groups is 1. The van der Waals surface area contributed by atoms with Gasteiger partial charge in [-0.2, -0.15) is 0 Å². The monoisotopic (exact) mass is 212 g/mol. The Bertz CT molecular complexity index is 535. The highest BCUT2D eigenvalue weighted by molar-refractivity contribution is 5.75. The van der Waals surface area contributed by atoms with Crippen molar-refractivity contribution in [1.29, 1.82) is 0 Å². The molecule has 79 valence electrons. The van der Waals surface area contributed by atoms with Crippen molar-refractivity contribution in [3.05, 3.63) is 64.2 Å². The van der Waals surface area contributed by atoms with Crippen molar-refractivity contribution in [2.24, 2.45) is 0 Å². The fourth-order valence-electron chi connectivity index (χ4n) is 1.65. The van der Waals surface area contributed by atoms with E-state index in [-0.39, 0.29) is 10.6 Å². The molecule has 0 N–H and O–H groups in total. The Morgan fingerprint density at radius 2 is 1.94 bits per heavy atom. The second-order valence-corrected chi connectivity index (χ2v) is 3.50. The van der Waals surface area contributed by atoms with E-state index in [0.29, 0.717) is 5.56 Å². The van der Waals surface area contributed by atoms with Crippen molar-refractivity contribution in [3.63, 3.8) is 0 Å². The molecule has 0 heterocycles. The van der Waals surface area contributed by atoms with Crippen LogP contribution in [0, 0.1) is 23.1 Å². The third-order valence-electron chi connectivity index (χ3n) is 2.45. The van der Waals surface area contributed by atoms with Crippen molar-refractivity contribution in [2.45, 2.75) is 6.92 Å². The van der Waals surface area contributed by atoms with Gasteiger partial charge in [-0.25, -0.2) is 0 Å². The van der Waals surface area contributed by atoms with Gasteiger partial charge in [0.05, 0.1) is 10.5 Å². The summed E-state index contributed by atoms with van der Waals surface area (Å²) in [6.07, 6.45) is 0. The zero-order chi connectivity index (χ0) is 11.5. The molecule has 0 saturated heterocycles. The average Bonchev–Trinajstić information content (AvgIpc) is 2.29. The van der Waals surface area contributed by atoms with Crippen LogP contribution in [0.1, 0.15) is 5.56 Å². The minimum absolute atomic E-state index is 0.0943. The van der Waals surface area contributed by atoms with Gasteiger partial charge in [0, 0.05) is 6.07 Å². The van der Waals surface area contributed by atoms with Crippen molar-refractivity contribution >= 4 is 5.69 Å². The Kier molecular flexibility index (Phi) is 2.68. The molecule has 0 aliphatic carbocycles. The molecular formula is C13H10NO2. The molecule has 0 aliphatic rings. The van der Waals surface area contributed by atoms with Gasteiger partial charge >= 0.3 is 0 Å². The highest BCUT2D eigenvalue weighted by Gasteiger charge is 2.15. The molecule has 2 aromatic rings. The summed E-state index contributed by atoms with van der Waals surface area (Å²) >= 11 is 0. The zero-order valence-electron chi connectivity index (χ0n) is 8.81. The molecule has 3 nitrogen and oxygen atoms in total. The van der Waals surface area contributed by atoms with Gasteiger partial charge in [-0.05, 0) is 24.1 Å². The topological polar surface area (TPSA) is 43.1 Å². The summed E-state index contributed by atoms with van der Waals surface area (Å²) in [6.45, 7) is 1.93. The van der Waals surface area contributed by atoms with Crippen molar-refractivity contribution in [1.82, 2.24) is 0 Å². The predicted molar refractivity (Wildman–Crippen MR) is 62.1 cm³/mol. The fourth-order valence-corrected chi connectivity index (χ4v) is 1.65. The first kappa shape index (κ1) is 10.4. The molecule has 0 aromatic heterocycles. The summed E-state index contributed by atoms with van der Waals surface area (Å²) < 4.78 is 0. The van der Waals surface area contributed by atoms with Crippen LogP contribution in [0.2, 0.25) is 0 Å². The van der Waals surface area contributed by atoms with Crippen molar-refractivity contribution < 1.29 is 4.92 Å². The van der Waals surface area contributed by atoms with Crippen molar-refractivity contribution in [2.75, 3.05) is 0 Å². The summed E-state index contributed by atoms with van der Waals surface area (Å²) in [5.41, 5.74) is 2.50. The number of nitro benzene ring substituents is 1. The highest BCUT2D eigenvalue weighted by Crippen LogP contribution is 2.30. The van der Waals surface area contributed by atoms with E-state index >= 15 is 0 Å². The van der Waals surface area contributed by atoms with Gasteiger partial charge < -0.3 is 0 Å². The number of aryl methyl sites for hydroxylation is 1. The first-order chi connectivity index (χ1) is 7.70. The van der Waals surface area contributed by atoms with Gasteiger partial charge in [0.15, 0.2) is 0 Å². The second kappa shape index (κ2) is 4.14. The maximum absolute atomic E-state index is 10.9. The Morgan fingerprint density at radius 3 is 2.62 bits per heavy atom. The quantitative estimate of drug-likeness (QED) is 0.565. The molecule has 0 spiro atoms. The van der Waals surface area contributed by atoms with E-state index in [2.05, 4.69) is 6.07 Å². The van der Waals surface area contributed by atoms with Crippen LogP contribution in [0.5, 0.6) is 0 Å². The first-order valence-electron chi connectivity index (χ1n) is 4.91. The molecule has 0 saturated carbocycles. The van der Waals surface area contributed by atoms with Crippen molar-refractivity contribution in [3.8, 4) is 11.1 Å². The van der Waals surface area contributed by atoms with Crippen LogP contribution in [-0.4, -0.2) is 4.92 Å². The van der Waals surface area contributed by atoms with E-state index in [0.717, 1.165) is 11.1 Å². The molecule has 16 heavy (non-hydrogen) atoms. The fraction of sp³-hybridized carbons (Fsp3) is 0.0769. The molecule has 2 aromatic carbocycles. The Hall–Kier alpha value is -2.16. The van der Waals surface area contributed by atoms with Gasteiger partial charge in [-0.15, -0.1) is 0 Å². The largest absolute Gasteiger partial charge is 0.277 e. The summed E-state index contributed by atoms with van der Waals surface area (Å²) in [5.74, 6) is 0. The van der Waals surface area contributed by atoms with E-state index in [1.54, 1.807) is 12.1 Å². The van der Waals surface area contributed by atoms with Gasteiger partial charge in [-0.3, -0.25) is 10.1 Å². The highest BCUT2D eigenvalue weighted by atomic mass is 16.6. The van der Waals surface area contributed by atoms with Crippen LogP contribution >= 0.6 is 0 Å². The predicted octanol–water partition coefficient (Wildman–Crippen LogP) is 3.37. The molecule has 2 rings (SSSR count). The van der Waals surface area contributed by atoms with Gasteiger partial charge in [0.2, 0.25) is 0 Å². The van der Waals surface area contributed by atoms with E-state index in [1.165, 1.54) is 6.07 Å². The minimum Gasteiger partial charge on any atom is -0.258 e. The lowest BCUT2D eigenvalue weighted by atomic mass is 9.99. The van der Waals surface area contributed by atoms with Gasteiger partial charge in [0.1, 0.15) is 0 Å². The normalized spacial score (nSPS) is 10.1. The van der Waals surface area contributed by atoms with Crippen LogP contribution in [0.25, 0.3) is 11.1 Å². The minimum atomic E-state index is -0.377. The van der Waals surface area contributed by atoms with Crippen LogP contribution in [-0.2, 0) is 0 Å². The van der Waals surface area contributed by atoms with Crippen LogP contribution in [0.3, 0.4) is 0 Å². The Morgan fingerprint density at radius 1 is 1.19 bits per heavy atom. The standard InChI is InChI=1S/C13H10NO2/c1-10-6-2-3-7-11(10)12-8-4-5-9-13(12)14(15)16/h2-7,9H,1H3. The maximum atomic E-state index is 10.9. The van der Waals surface area contributed by atoms with Crippen LogP contribution < -0.4 is 0 Å². The summed E-state index contributed by atoms with van der Waals surface area (Å²) in [4.78, 5) is 10.5. The molecule has 0 unspecified atom stereocenters. The van der Waals surface area contributed by atoms with E-state index in [4.69, 9.17) is 0 Å². The smallest absolute Gasteiger partial charge is 0.258 e. The average molecular weight is 212 g/mol. The zero-order valence-corrected chi connectivity index (χ0v) is 8.81. The molecule has 0 amide bonds. The lowest BCUT2D eigenvalue weighted by Crippen LogP contribution is -1.92. The number of nitrogens with zero attached hydrogens (tertiary/aromatic N) is 1. The molecule has 0 bridgehead atoms. The molecule has 0 aliphatic heterocycles. The number of benzene rings is 2. The number of rotatable bonds is 2. The van der Waals surface area contributed by atoms with Crippen LogP contribution in [0.4, 0.5) is 5.69 Å². The number of hydrogen-bond donors (Lipinski definition) is 0. The molecule has 0 fully saturated rings. The Labute approximate surface area is 93.5 Å².